The molecule has 0 amide bonds. The first-order chi connectivity index (χ1) is 10.4. The second-order valence-electron chi connectivity index (χ2n) is 5.34. The molecule has 0 bridgehead atoms. The summed E-state index contributed by atoms with van der Waals surface area (Å²) in [7, 11) is 0. The Balaban J connectivity index is 0.00000144. The van der Waals surface area contributed by atoms with Crippen molar-refractivity contribution in [2.75, 3.05) is 0 Å². The molecule has 4 rings (SSSR count). The smallest absolute Gasteiger partial charge is 0.205 e. The summed E-state index contributed by atoms with van der Waals surface area (Å²) in [5.74, 6) is 0. The SMILES string of the molecule is C1=[N+](c2ccccc2)Cc2ccccc2-c2ccccc21.[Br-]. The van der Waals surface area contributed by atoms with Gasteiger partial charge in [0.1, 0.15) is 0 Å². The van der Waals surface area contributed by atoms with Gasteiger partial charge >= 0.3 is 0 Å². The Hall–Kier alpha value is -2.19. The fourth-order valence-corrected chi connectivity index (χ4v) is 2.96. The molecule has 1 aliphatic rings. The average molecular weight is 350 g/mol. The van der Waals surface area contributed by atoms with Crippen LogP contribution < -0.4 is 17.0 Å². The first kappa shape index (κ1) is 14.7. The van der Waals surface area contributed by atoms with E-state index in [0.29, 0.717) is 0 Å². The molecular weight excluding hydrogens is 334 g/mol. The lowest BCUT2D eigenvalue weighted by Gasteiger charge is -2.06. The van der Waals surface area contributed by atoms with Crippen molar-refractivity contribution < 1.29 is 21.6 Å². The second-order valence-corrected chi connectivity index (χ2v) is 5.34. The van der Waals surface area contributed by atoms with Crippen molar-refractivity contribution in [2.24, 2.45) is 0 Å². The molecule has 108 valence electrons. The first-order valence-corrected chi connectivity index (χ1v) is 7.26. The fraction of sp³-hybridized carbons (Fsp3) is 0.0500. The van der Waals surface area contributed by atoms with E-state index in [0.717, 1.165) is 6.54 Å². The monoisotopic (exact) mass is 349 g/mol. The van der Waals surface area contributed by atoms with Crippen LogP contribution in [0.5, 0.6) is 0 Å². The maximum absolute atomic E-state index is 2.32. The molecule has 0 saturated heterocycles. The first-order valence-electron chi connectivity index (χ1n) is 7.26. The maximum atomic E-state index is 2.32. The molecule has 0 N–H and O–H groups in total. The van der Waals surface area contributed by atoms with Crippen LogP contribution in [0.15, 0.2) is 78.9 Å². The average Bonchev–Trinajstić information content (AvgIpc) is 2.72. The predicted octanol–water partition coefficient (Wildman–Crippen LogP) is 1.63. The molecule has 22 heavy (non-hydrogen) atoms. The maximum Gasteiger partial charge on any atom is 0.205 e. The van der Waals surface area contributed by atoms with E-state index in [1.807, 2.05) is 0 Å². The molecule has 0 radical (unpaired) electrons. The second kappa shape index (κ2) is 6.29. The Kier molecular flexibility index (Phi) is 4.21. The zero-order chi connectivity index (χ0) is 14.1. The molecule has 0 saturated carbocycles. The van der Waals surface area contributed by atoms with Crippen LogP contribution in [0.1, 0.15) is 11.1 Å². The van der Waals surface area contributed by atoms with E-state index < -0.39 is 0 Å². The molecule has 3 aromatic rings. The van der Waals surface area contributed by atoms with Crippen molar-refractivity contribution in [3.05, 3.63) is 90.0 Å². The number of benzene rings is 3. The van der Waals surface area contributed by atoms with E-state index in [2.05, 4.69) is 89.7 Å². The number of fused-ring (bicyclic) bond motifs is 3. The Morgan fingerprint density at radius 3 is 2.09 bits per heavy atom. The topological polar surface area (TPSA) is 3.01 Å². The molecule has 1 aliphatic heterocycles. The zero-order valence-electron chi connectivity index (χ0n) is 12.1. The summed E-state index contributed by atoms with van der Waals surface area (Å²) in [6, 6.07) is 27.9. The normalized spacial score (nSPS) is 12.3. The molecular formula is C20H16BrN. The standard InChI is InChI=1S/C20H16N.BrH/c1-2-10-18(11-3-1)21-14-16-8-4-6-12-19(16)20-13-7-5-9-17(20)15-21;/h1-14H,15H2;1H/q+1;/p-1. The molecule has 0 aromatic heterocycles. The molecule has 0 atom stereocenters. The van der Waals surface area contributed by atoms with Gasteiger partial charge in [-0.3, -0.25) is 0 Å². The summed E-state index contributed by atoms with van der Waals surface area (Å²) < 4.78 is 2.32. The molecule has 0 aliphatic carbocycles. The Morgan fingerprint density at radius 2 is 1.27 bits per heavy atom. The molecule has 1 nitrogen and oxygen atoms in total. The van der Waals surface area contributed by atoms with Crippen LogP contribution in [0, 0.1) is 0 Å². The van der Waals surface area contributed by atoms with Crippen LogP contribution in [0.25, 0.3) is 11.1 Å². The third kappa shape index (κ3) is 2.62. The summed E-state index contributed by atoms with van der Waals surface area (Å²) in [6.45, 7) is 0.898. The minimum atomic E-state index is 0. The van der Waals surface area contributed by atoms with Gasteiger partial charge in [0, 0.05) is 23.3 Å². The van der Waals surface area contributed by atoms with E-state index in [1.54, 1.807) is 0 Å². The Morgan fingerprint density at radius 1 is 0.636 bits per heavy atom. The van der Waals surface area contributed by atoms with Gasteiger partial charge in [-0.25, -0.2) is 0 Å². The van der Waals surface area contributed by atoms with Crippen molar-refractivity contribution in [3.8, 4) is 11.1 Å². The largest absolute Gasteiger partial charge is 1.00 e. The molecule has 1 heterocycles. The predicted molar refractivity (Wildman–Crippen MR) is 87.1 cm³/mol. The van der Waals surface area contributed by atoms with E-state index in [1.165, 1.54) is 27.9 Å². The van der Waals surface area contributed by atoms with Crippen molar-refractivity contribution >= 4 is 11.9 Å². The lowest BCUT2D eigenvalue weighted by molar-refractivity contribution is -0.452. The summed E-state index contributed by atoms with van der Waals surface area (Å²) in [5.41, 5.74) is 6.51. The Bertz CT molecular complexity index is 822. The van der Waals surface area contributed by atoms with Crippen LogP contribution >= 0.6 is 0 Å². The van der Waals surface area contributed by atoms with Crippen molar-refractivity contribution in [1.29, 1.82) is 0 Å². The van der Waals surface area contributed by atoms with Gasteiger partial charge in [0.15, 0.2) is 12.8 Å². The minimum Gasteiger partial charge on any atom is -1.00 e. The van der Waals surface area contributed by atoms with Crippen molar-refractivity contribution in [3.63, 3.8) is 0 Å². The van der Waals surface area contributed by atoms with Gasteiger partial charge in [-0.2, -0.15) is 4.58 Å². The van der Waals surface area contributed by atoms with Gasteiger partial charge in [-0.15, -0.1) is 0 Å². The van der Waals surface area contributed by atoms with Gasteiger partial charge in [-0.05, 0) is 17.2 Å². The van der Waals surface area contributed by atoms with Crippen LogP contribution in [-0.4, -0.2) is 10.8 Å². The summed E-state index contributed by atoms with van der Waals surface area (Å²) in [6.07, 6.45) is 2.25. The van der Waals surface area contributed by atoms with Gasteiger partial charge in [0.05, 0.1) is 0 Å². The van der Waals surface area contributed by atoms with Crippen LogP contribution in [0.4, 0.5) is 5.69 Å². The van der Waals surface area contributed by atoms with Crippen molar-refractivity contribution in [2.45, 2.75) is 6.54 Å². The summed E-state index contributed by atoms with van der Waals surface area (Å²) in [4.78, 5) is 0. The van der Waals surface area contributed by atoms with E-state index in [4.69, 9.17) is 0 Å². The van der Waals surface area contributed by atoms with Crippen LogP contribution in [0.3, 0.4) is 0 Å². The molecule has 3 aromatic carbocycles. The molecule has 2 heteroatoms. The zero-order valence-corrected chi connectivity index (χ0v) is 13.7. The Labute approximate surface area is 141 Å². The van der Waals surface area contributed by atoms with Crippen LogP contribution in [-0.2, 0) is 6.54 Å². The molecule has 0 fully saturated rings. The lowest BCUT2D eigenvalue weighted by atomic mass is 9.97. The summed E-state index contributed by atoms with van der Waals surface area (Å²) >= 11 is 0. The number of para-hydroxylation sites is 1. The highest BCUT2D eigenvalue weighted by Gasteiger charge is 2.19. The summed E-state index contributed by atoms with van der Waals surface area (Å²) in [5, 5.41) is 0. The number of halogens is 1. The van der Waals surface area contributed by atoms with E-state index in [-0.39, 0.29) is 17.0 Å². The van der Waals surface area contributed by atoms with E-state index in [9.17, 15) is 0 Å². The third-order valence-electron chi connectivity index (χ3n) is 3.99. The quantitative estimate of drug-likeness (QED) is 0.587. The minimum absolute atomic E-state index is 0. The number of hydrogen-bond acceptors (Lipinski definition) is 0. The van der Waals surface area contributed by atoms with Gasteiger partial charge < -0.3 is 17.0 Å². The highest BCUT2D eigenvalue weighted by atomic mass is 79.9. The van der Waals surface area contributed by atoms with Gasteiger partial charge in [0.2, 0.25) is 5.69 Å². The van der Waals surface area contributed by atoms with E-state index >= 15 is 0 Å². The molecule has 0 spiro atoms. The number of rotatable bonds is 1. The van der Waals surface area contributed by atoms with Gasteiger partial charge in [0.25, 0.3) is 0 Å². The lowest BCUT2D eigenvalue weighted by Crippen LogP contribution is -3.00. The fourth-order valence-electron chi connectivity index (χ4n) is 2.96. The van der Waals surface area contributed by atoms with Crippen LogP contribution in [0.2, 0.25) is 0 Å². The third-order valence-corrected chi connectivity index (χ3v) is 3.99. The molecule has 0 unspecified atom stereocenters. The van der Waals surface area contributed by atoms with Gasteiger partial charge in [-0.1, -0.05) is 60.7 Å². The highest BCUT2D eigenvalue weighted by Crippen LogP contribution is 2.30. The number of hydrogen-bond donors (Lipinski definition) is 0. The van der Waals surface area contributed by atoms with Crippen molar-refractivity contribution in [1.82, 2.24) is 0 Å². The number of nitrogens with zero attached hydrogens (tertiary/aromatic N) is 1. The highest BCUT2D eigenvalue weighted by molar-refractivity contribution is 5.90.